The number of hydrogen-bond acceptors (Lipinski definition) is 3. The lowest BCUT2D eigenvalue weighted by Crippen LogP contribution is -2.50. The molecule has 0 bridgehead atoms. The summed E-state index contributed by atoms with van der Waals surface area (Å²) in [5.74, 6) is -1.67. The van der Waals surface area contributed by atoms with Crippen LogP contribution in [0.25, 0.3) is 6.08 Å². The summed E-state index contributed by atoms with van der Waals surface area (Å²) in [4.78, 5) is 27.0. The first kappa shape index (κ1) is 22.7. The maximum atomic E-state index is 13.6. The van der Waals surface area contributed by atoms with Gasteiger partial charge in [0.1, 0.15) is 11.5 Å². The summed E-state index contributed by atoms with van der Waals surface area (Å²) in [7, 11) is 0. The average molecular weight is 439 g/mol. The Hall–Kier alpha value is -3.46. The molecule has 0 radical (unpaired) electrons. The summed E-state index contributed by atoms with van der Waals surface area (Å²) in [6.45, 7) is 2.06. The fraction of sp³-hybridized carbons (Fsp3) is 0.267. The molecule has 3 nitrogen and oxygen atoms in total. The first-order chi connectivity index (χ1) is 16.1. The van der Waals surface area contributed by atoms with Crippen LogP contribution in [0.5, 0.6) is 0 Å². The lowest BCUT2D eigenvalue weighted by Gasteiger charge is -2.40. The van der Waals surface area contributed by atoms with E-state index < -0.39 is 17.5 Å². The molecular formula is C30H30O3. The highest BCUT2D eigenvalue weighted by Crippen LogP contribution is 2.40. The van der Waals surface area contributed by atoms with Crippen LogP contribution in [0.4, 0.5) is 0 Å². The van der Waals surface area contributed by atoms with Crippen molar-refractivity contribution < 1.29 is 14.3 Å². The molecule has 0 amide bonds. The molecule has 0 N–H and O–H groups in total. The van der Waals surface area contributed by atoms with Crippen molar-refractivity contribution >= 4 is 17.8 Å². The second-order valence-corrected chi connectivity index (χ2v) is 8.84. The first-order valence-electron chi connectivity index (χ1n) is 11.7. The molecule has 3 aromatic rings. The van der Waals surface area contributed by atoms with Gasteiger partial charge in [-0.25, -0.2) is 0 Å². The number of Topliss-reactive ketones (excluding diaryl/α,β-unsaturated/α-hetero) is 1. The van der Waals surface area contributed by atoms with Gasteiger partial charge in [-0.05, 0) is 23.1 Å². The normalized spacial score (nSPS) is 21.7. The molecule has 0 saturated carbocycles. The molecule has 168 valence electrons. The Kier molecular flexibility index (Phi) is 7.19. The van der Waals surface area contributed by atoms with E-state index in [4.69, 9.17) is 4.74 Å². The summed E-state index contributed by atoms with van der Waals surface area (Å²) in [5.41, 5.74) is 2.27. The highest BCUT2D eigenvalue weighted by Gasteiger charge is 2.48. The lowest BCUT2D eigenvalue weighted by atomic mass is 9.74. The van der Waals surface area contributed by atoms with Crippen molar-refractivity contribution in [2.75, 3.05) is 0 Å². The number of carbonyl (C=O) groups excluding carboxylic acids is 2. The largest absolute Gasteiger partial charge is 0.458 e. The van der Waals surface area contributed by atoms with E-state index >= 15 is 0 Å². The molecule has 1 heterocycles. The molecule has 3 unspecified atom stereocenters. The van der Waals surface area contributed by atoms with Gasteiger partial charge in [0, 0.05) is 18.8 Å². The van der Waals surface area contributed by atoms with E-state index in [0.29, 0.717) is 12.8 Å². The number of allylic oxidation sites excluding steroid dienone is 1. The molecule has 1 aliphatic rings. The molecule has 0 aromatic heterocycles. The number of cyclic esters (lactones) is 1. The third-order valence-corrected chi connectivity index (χ3v) is 6.33. The standard InChI is InChI=1S/C30H30O3/c1-2-20-30(21-24-14-8-4-9-15-24)22-27(31)28(29(32)33-30)26(25-16-10-5-11-17-25)19-18-23-12-6-3-7-13-23/h3-19,26,28H,2,20-22H2,1H3. The van der Waals surface area contributed by atoms with Crippen molar-refractivity contribution in [3.05, 3.63) is 114 Å². The highest BCUT2D eigenvalue weighted by molar-refractivity contribution is 6.03. The topological polar surface area (TPSA) is 43.4 Å². The Labute approximate surface area is 196 Å². The molecule has 0 spiro atoms. The number of esters is 1. The fourth-order valence-electron chi connectivity index (χ4n) is 4.84. The van der Waals surface area contributed by atoms with E-state index in [1.165, 1.54) is 0 Å². The second-order valence-electron chi connectivity index (χ2n) is 8.84. The van der Waals surface area contributed by atoms with Crippen LogP contribution < -0.4 is 0 Å². The zero-order valence-corrected chi connectivity index (χ0v) is 19.0. The third kappa shape index (κ3) is 5.48. The van der Waals surface area contributed by atoms with Gasteiger partial charge in [0.05, 0.1) is 0 Å². The maximum absolute atomic E-state index is 13.6. The minimum Gasteiger partial charge on any atom is -0.458 e. The van der Waals surface area contributed by atoms with Crippen molar-refractivity contribution in [2.24, 2.45) is 5.92 Å². The van der Waals surface area contributed by atoms with Crippen molar-refractivity contribution in [2.45, 2.75) is 44.1 Å². The predicted molar refractivity (Wildman–Crippen MR) is 132 cm³/mol. The number of hydrogen-bond donors (Lipinski definition) is 0. The Morgan fingerprint density at radius 3 is 2.12 bits per heavy atom. The molecular weight excluding hydrogens is 408 g/mol. The van der Waals surface area contributed by atoms with E-state index in [1.54, 1.807) is 0 Å². The van der Waals surface area contributed by atoms with E-state index in [-0.39, 0.29) is 18.1 Å². The van der Waals surface area contributed by atoms with Crippen LogP contribution in [0.1, 0.15) is 48.8 Å². The quantitative estimate of drug-likeness (QED) is 0.302. The van der Waals surface area contributed by atoms with Gasteiger partial charge in [-0.15, -0.1) is 0 Å². The summed E-state index contributed by atoms with van der Waals surface area (Å²) in [6.07, 6.45) is 6.26. The van der Waals surface area contributed by atoms with Crippen molar-refractivity contribution in [1.29, 1.82) is 0 Å². The summed E-state index contributed by atoms with van der Waals surface area (Å²) < 4.78 is 6.16. The molecule has 3 aromatic carbocycles. The molecule has 1 fully saturated rings. The van der Waals surface area contributed by atoms with Crippen molar-refractivity contribution in [3.63, 3.8) is 0 Å². The number of ketones is 1. The zero-order chi connectivity index (χ0) is 23.1. The fourth-order valence-corrected chi connectivity index (χ4v) is 4.84. The summed E-state index contributed by atoms with van der Waals surface area (Å²) in [6, 6.07) is 29.6. The molecule has 33 heavy (non-hydrogen) atoms. The second kappa shape index (κ2) is 10.4. The van der Waals surface area contributed by atoms with Crippen LogP contribution in [0, 0.1) is 5.92 Å². The molecule has 1 saturated heterocycles. The molecule has 3 heteroatoms. The highest BCUT2D eigenvalue weighted by atomic mass is 16.6. The Balaban J connectivity index is 1.64. The molecule has 4 rings (SSSR count). The van der Waals surface area contributed by atoms with Crippen LogP contribution in [-0.4, -0.2) is 17.4 Å². The van der Waals surface area contributed by atoms with Gasteiger partial charge in [-0.1, -0.05) is 116 Å². The van der Waals surface area contributed by atoms with Crippen LogP contribution >= 0.6 is 0 Å². The molecule has 1 aliphatic heterocycles. The Morgan fingerprint density at radius 2 is 1.52 bits per heavy atom. The zero-order valence-electron chi connectivity index (χ0n) is 19.0. The maximum Gasteiger partial charge on any atom is 0.318 e. The number of ether oxygens (including phenoxy) is 1. The van der Waals surface area contributed by atoms with E-state index in [1.807, 2.05) is 103 Å². The first-order valence-corrected chi connectivity index (χ1v) is 11.7. The lowest BCUT2D eigenvalue weighted by molar-refractivity contribution is -0.179. The van der Waals surface area contributed by atoms with Crippen molar-refractivity contribution in [1.82, 2.24) is 0 Å². The monoisotopic (exact) mass is 438 g/mol. The van der Waals surface area contributed by atoms with Crippen LogP contribution in [-0.2, 0) is 20.7 Å². The Bertz CT molecular complexity index is 1070. The van der Waals surface area contributed by atoms with Crippen LogP contribution in [0.15, 0.2) is 97.1 Å². The minimum atomic E-state index is -0.840. The van der Waals surface area contributed by atoms with Crippen molar-refractivity contribution in [3.8, 4) is 0 Å². The average Bonchev–Trinajstić information content (AvgIpc) is 2.83. The van der Waals surface area contributed by atoms with Gasteiger partial charge < -0.3 is 4.74 Å². The van der Waals surface area contributed by atoms with Crippen LogP contribution in [0.2, 0.25) is 0 Å². The third-order valence-electron chi connectivity index (χ3n) is 6.33. The van der Waals surface area contributed by atoms with E-state index in [0.717, 1.165) is 23.1 Å². The summed E-state index contributed by atoms with van der Waals surface area (Å²) in [5, 5.41) is 0. The number of rotatable bonds is 8. The van der Waals surface area contributed by atoms with E-state index in [9.17, 15) is 9.59 Å². The van der Waals surface area contributed by atoms with Crippen LogP contribution in [0.3, 0.4) is 0 Å². The van der Waals surface area contributed by atoms with Gasteiger partial charge in [0.25, 0.3) is 0 Å². The van der Waals surface area contributed by atoms with Gasteiger partial charge in [0.2, 0.25) is 0 Å². The number of carbonyl (C=O) groups is 2. The number of benzene rings is 3. The van der Waals surface area contributed by atoms with Gasteiger partial charge in [-0.3, -0.25) is 9.59 Å². The predicted octanol–water partition coefficient (Wildman–Crippen LogP) is 6.40. The van der Waals surface area contributed by atoms with Gasteiger partial charge in [0.15, 0.2) is 5.78 Å². The smallest absolute Gasteiger partial charge is 0.318 e. The van der Waals surface area contributed by atoms with Gasteiger partial charge >= 0.3 is 5.97 Å². The van der Waals surface area contributed by atoms with E-state index in [2.05, 4.69) is 6.92 Å². The molecule has 0 aliphatic carbocycles. The Morgan fingerprint density at radius 1 is 0.909 bits per heavy atom. The summed E-state index contributed by atoms with van der Waals surface area (Å²) >= 11 is 0. The SMILES string of the molecule is CCCC1(Cc2ccccc2)CC(=O)C(C(C=Cc2ccccc2)c2ccccc2)C(=O)O1. The minimum absolute atomic E-state index is 0.0396. The molecule has 3 atom stereocenters. The van der Waals surface area contributed by atoms with Gasteiger partial charge in [-0.2, -0.15) is 0 Å².